The second kappa shape index (κ2) is 18.5. The lowest BCUT2D eigenvalue weighted by Crippen LogP contribution is -2.50. The molecule has 0 N–H and O–H groups in total. The Labute approximate surface area is 443 Å². The van der Waals surface area contributed by atoms with Crippen LogP contribution in [-0.4, -0.2) is 35.5 Å². The lowest BCUT2D eigenvalue weighted by molar-refractivity contribution is -0.658. The van der Waals surface area contributed by atoms with Gasteiger partial charge in [-0.1, -0.05) is 18.0 Å². The molecule has 9 aromatic heterocycles. The third-order valence-corrected chi connectivity index (χ3v) is 13.6. The van der Waals surface area contributed by atoms with Crippen LogP contribution >= 0.6 is 0 Å². The Morgan fingerprint density at radius 2 is 1.03 bits per heavy atom. The van der Waals surface area contributed by atoms with Gasteiger partial charge in [-0.15, -0.1) is 0 Å². The first-order valence-electron chi connectivity index (χ1n) is 31.2. The van der Waals surface area contributed by atoms with Crippen molar-refractivity contribution in [1.29, 1.82) is 0 Å². The van der Waals surface area contributed by atoms with E-state index in [1.807, 2.05) is 96.5 Å². The van der Waals surface area contributed by atoms with Gasteiger partial charge in [0, 0.05) is 77.1 Å². The lowest BCUT2D eigenvalue weighted by atomic mass is 9.61. The molecule has 0 fully saturated rings. The number of hydrogen-bond donors (Lipinski definition) is 0. The molecule has 0 amide bonds. The molecule has 0 bridgehead atoms. The van der Waals surface area contributed by atoms with Crippen LogP contribution in [0.3, 0.4) is 0 Å². The fourth-order valence-electron chi connectivity index (χ4n) is 10.3. The third kappa shape index (κ3) is 8.37. The van der Waals surface area contributed by atoms with E-state index in [1.54, 1.807) is 60.3 Å². The van der Waals surface area contributed by atoms with Crippen molar-refractivity contribution in [3.8, 4) is 0 Å². The first kappa shape index (κ1) is 33.1. The molecule has 9 aromatic rings. The standard InChI is InChI=1S/C20H23BN3O.C19H21BN3O.C18H19BN3O/c1-12-9-18(23(6)11-13(12)2)24-15(4)19-16-8-7-14(3)22-20(16)25-17(19)10-21(24)5;1-12-6-9-17(22(5)11-12)23-14(3)18-16(10-20(23)4)15-8-7-13(2)21-19(15)24-18;1-12-8-9-14-15-11-19(3)22(16-7-5-6-10-21(16)4)13(2)17(15)23-18(14)20-12/h7-11H,1-6H3;6-11H,1-5H3;5-11H,1-4H3/q3*+1/i2D3,3D3;1D3,2D3;1D3. The van der Waals surface area contributed by atoms with E-state index in [9.17, 15) is 0 Å². The number of anilines is 3. The van der Waals surface area contributed by atoms with Crippen molar-refractivity contribution in [2.75, 3.05) is 14.4 Å². The molecule has 12 heterocycles. The maximum atomic E-state index is 7.77. The number of aryl methyl sites for hydroxylation is 9. The smallest absolute Gasteiger partial charge is 0.405 e. The number of hydrogen-bond acceptors (Lipinski definition) is 9. The van der Waals surface area contributed by atoms with Gasteiger partial charge in [-0.05, 0) is 154 Å². The van der Waals surface area contributed by atoms with E-state index in [0.717, 1.165) is 71.8 Å². The molecule has 0 unspecified atom stereocenters. The van der Waals surface area contributed by atoms with Gasteiger partial charge >= 0.3 is 20.5 Å². The number of pyridine rings is 6. The highest BCUT2D eigenvalue weighted by atomic mass is 16.3. The van der Waals surface area contributed by atoms with Gasteiger partial charge in [-0.2, -0.15) is 0 Å². The van der Waals surface area contributed by atoms with Gasteiger partial charge in [-0.3, -0.25) is 14.4 Å². The van der Waals surface area contributed by atoms with Gasteiger partial charge in [0.2, 0.25) is 17.1 Å². The van der Waals surface area contributed by atoms with Crippen molar-refractivity contribution in [3.05, 3.63) is 157 Å². The van der Waals surface area contributed by atoms with Crippen molar-refractivity contribution in [2.45, 2.75) is 82.4 Å². The Morgan fingerprint density at radius 1 is 0.500 bits per heavy atom. The average Bonchev–Trinajstić information content (AvgIpc) is 1.69. The Morgan fingerprint density at radius 3 is 1.57 bits per heavy atom. The van der Waals surface area contributed by atoms with Crippen LogP contribution in [0.25, 0.3) is 68.3 Å². The van der Waals surface area contributed by atoms with Crippen LogP contribution in [0.1, 0.15) is 75.1 Å². The second-order valence-electron chi connectivity index (χ2n) is 18.7. The topological polar surface area (TPSA) is 99.5 Å². The van der Waals surface area contributed by atoms with Crippen LogP contribution in [0, 0.1) is 41.2 Å². The van der Waals surface area contributed by atoms with Crippen LogP contribution in [0.2, 0.25) is 20.5 Å². The highest BCUT2D eigenvalue weighted by molar-refractivity contribution is 6.78. The number of aromatic nitrogens is 6. The Hall–Kier alpha value is -7.67. The largest absolute Gasteiger partial charge is 0.439 e. The van der Waals surface area contributed by atoms with Gasteiger partial charge in [0.05, 0.1) is 56.0 Å². The lowest BCUT2D eigenvalue weighted by Gasteiger charge is -2.24. The van der Waals surface area contributed by atoms with Gasteiger partial charge in [0.15, 0.2) is 10.8 Å². The zero-order valence-electron chi connectivity index (χ0n) is 56.9. The molecule has 0 aromatic carbocycles. The Bertz CT molecular complexity index is 4670. The molecule has 0 radical (unpaired) electrons. The summed E-state index contributed by atoms with van der Waals surface area (Å²) in [6, 6.07) is 21.2. The molecule has 360 valence electrons. The van der Waals surface area contributed by atoms with E-state index in [2.05, 4.69) is 52.8 Å². The molecule has 0 saturated carbocycles. The number of rotatable bonds is 3. The van der Waals surface area contributed by atoms with Crippen molar-refractivity contribution < 1.29 is 47.5 Å². The van der Waals surface area contributed by atoms with E-state index in [4.69, 9.17) is 33.8 Å². The molecule has 0 saturated heterocycles. The SMILES string of the molecule is [2H]C([2H])([2H])c1ccc(N2B(C)C=c3c(oc4nc(C([2H])([2H])[2H])ccc34)=C2C)[n+](C)c1.[2H]C([2H])([2H])c1ccc2c3c(oc2n1)=C(C)N(c1cccc[n+]1C)B(C)C=3.[2H]C([2H])([2H])c1ccc2c3c(oc2n1)=CB(C)N(c1cc(C)c(C([2H])([2H])[2H])c[n+]1C)C=3C. The summed E-state index contributed by atoms with van der Waals surface area (Å²) < 4.78 is 138. The minimum Gasteiger partial charge on any atom is -0.439 e. The zero-order valence-corrected chi connectivity index (χ0v) is 41.9. The summed E-state index contributed by atoms with van der Waals surface area (Å²) in [7, 11) is 5.65. The summed E-state index contributed by atoms with van der Waals surface area (Å²) in [5, 5.41) is 5.08. The summed E-state index contributed by atoms with van der Waals surface area (Å²) in [5.74, 6) is 8.85. The van der Waals surface area contributed by atoms with Gasteiger partial charge < -0.3 is 13.3 Å². The fraction of sp³-hybridized carbons (Fsp3) is 0.263. The maximum absolute atomic E-state index is 7.77. The zero-order chi connectivity index (χ0) is 63.5. The Kier molecular flexibility index (Phi) is 8.50. The summed E-state index contributed by atoms with van der Waals surface area (Å²) >= 11 is 0. The van der Waals surface area contributed by atoms with E-state index < -0.39 is 34.3 Å². The van der Waals surface area contributed by atoms with Gasteiger partial charge in [-0.25, -0.2) is 28.7 Å². The average molecular weight is 970 g/mol. The predicted molar refractivity (Wildman–Crippen MR) is 294 cm³/mol. The number of fused-ring (bicyclic) bond motifs is 9. The van der Waals surface area contributed by atoms with Crippen molar-refractivity contribution >= 4 is 106 Å². The Balaban J connectivity index is 0.000000145. The van der Waals surface area contributed by atoms with E-state index in [1.165, 1.54) is 12.1 Å². The van der Waals surface area contributed by atoms with Crippen molar-refractivity contribution in [3.63, 3.8) is 0 Å². The molecule has 0 atom stereocenters. The first-order chi connectivity index (χ1) is 40.4. The number of nitrogens with zero attached hydrogens (tertiary/aromatic N) is 9. The number of furan rings is 3. The second-order valence-corrected chi connectivity index (χ2v) is 18.7. The molecule has 12 rings (SSSR count). The molecule has 3 aliphatic rings. The molecule has 12 nitrogen and oxygen atoms in total. The molecule has 72 heavy (non-hydrogen) atoms. The first-order valence-corrected chi connectivity index (χ1v) is 23.7. The highest BCUT2D eigenvalue weighted by Crippen LogP contribution is 2.25. The summed E-state index contributed by atoms with van der Waals surface area (Å²) in [4.78, 5) is 19.1. The molecule has 15 heteroatoms. The quantitative estimate of drug-likeness (QED) is 0.166. The summed E-state index contributed by atoms with van der Waals surface area (Å²) in [6.07, 6.45) is 5.28. The van der Waals surface area contributed by atoms with Crippen LogP contribution in [0.4, 0.5) is 17.5 Å². The fourth-order valence-corrected chi connectivity index (χ4v) is 10.3. The normalized spacial score (nSPS) is 18.1. The van der Waals surface area contributed by atoms with Crippen LogP contribution in [0.15, 0.2) is 105 Å². The summed E-state index contributed by atoms with van der Waals surface area (Å²) in [5.41, 5.74) is 7.03. The minimum atomic E-state index is -2.31. The van der Waals surface area contributed by atoms with Crippen LogP contribution in [0.5, 0.6) is 0 Å². The monoisotopic (exact) mass is 970 g/mol. The van der Waals surface area contributed by atoms with Gasteiger partial charge in [0.25, 0.3) is 17.5 Å². The van der Waals surface area contributed by atoms with Crippen molar-refractivity contribution in [1.82, 2.24) is 15.0 Å². The van der Waals surface area contributed by atoms with Gasteiger partial charge in [0.1, 0.15) is 16.8 Å². The van der Waals surface area contributed by atoms with E-state index in [0.29, 0.717) is 39.1 Å². The van der Waals surface area contributed by atoms with Crippen LogP contribution in [-0.2, 0) is 21.1 Å². The minimum absolute atomic E-state index is 0.00377. The molecule has 0 spiro atoms. The molecular formula is C57H63B3N9O3+3. The summed E-state index contributed by atoms with van der Waals surface area (Å²) in [6.45, 7) is 2.70. The third-order valence-electron chi connectivity index (χ3n) is 13.6. The maximum Gasteiger partial charge on any atom is 0.405 e. The predicted octanol–water partition coefficient (Wildman–Crippen LogP) is 5.58. The molecule has 0 aliphatic carbocycles. The molecule has 3 aliphatic heterocycles. The highest BCUT2D eigenvalue weighted by Gasteiger charge is 2.36. The molecular weight excluding hydrogens is 891 g/mol. The van der Waals surface area contributed by atoms with Crippen molar-refractivity contribution in [2.24, 2.45) is 21.1 Å². The van der Waals surface area contributed by atoms with Crippen LogP contribution < -0.4 is 60.0 Å². The van der Waals surface area contributed by atoms with E-state index >= 15 is 0 Å². The van der Waals surface area contributed by atoms with E-state index in [-0.39, 0.29) is 43.2 Å².